The molecule has 5 rings (SSSR count). The molecule has 2 aromatic heterocycles. The van der Waals surface area contributed by atoms with E-state index >= 15 is 0 Å². The fourth-order valence-corrected chi connectivity index (χ4v) is 5.29. The standard InChI is InChI=1S/C27H31N7O6/c1-38-22-5-7-33(26(22)36)12-17-8-16-4-3-6-34(25(16)31-20(17)13-35)27(37)32-24-9-19(18(10-28)11-29-24)30-21-14-40-15-23(21)39-2/h8-9,11,13,21-23H,3-7,12,14-15H2,1-2H3,(H2,29,30,32,37)/t21-,22-,23-/m1/s1. The maximum atomic E-state index is 13.4. The first-order valence-electron chi connectivity index (χ1n) is 13.1. The number of aromatic nitrogens is 2. The van der Waals surface area contributed by atoms with E-state index in [-0.39, 0.29) is 36.1 Å². The molecule has 0 saturated carbocycles. The van der Waals surface area contributed by atoms with Gasteiger partial charge in [0.2, 0.25) is 0 Å². The summed E-state index contributed by atoms with van der Waals surface area (Å²) in [5.41, 5.74) is 2.46. The van der Waals surface area contributed by atoms with E-state index in [4.69, 9.17) is 14.2 Å². The lowest BCUT2D eigenvalue weighted by molar-refractivity contribution is -0.136. The summed E-state index contributed by atoms with van der Waals surface area (Å²) in [5, 5.41) is 15.6. The maximum Gasteiger partial charge on any atom is 0.328 e. The zero-order valence-corrected chi connectivity index (χ0v) is 22.4. The van der Waals surface area contributed by atoms with Crippen LogP contribution in [0, 0.1) is 11.3 Å². The number of anilines is 3. The van der Waals surface area contributed by atoms with Crippen molar-refractivity contribution >= 4 is 35.5 Å². The van der Waals surface area contributed by atoms with Crippen molar-refractivity contribution in [1.29, 1.82) is 5.26 Å². The number of amides is 3. The van der Waals surface area contributed by atoms with Gasteiger partial charge in [0.05, 0.1) is 30.5 Å². The number of hydrogen-bond acceptors (Lipinski definition) is 10. The monoisotopic (exact) mass is 549 g/mol. The summed E-state index contributed by atoms with van der Waals surface area (Å²) >= 11 is 0. The minimum absolute atomic E-state index is 0.111. The van der Waals surface area contributed by atoms with E-state index in [2.05, 4.69) is 26.7 Å². The number of ether oxygens (including phenoxy) is 3. The van der Waals surface area contributed by atoms with E-state index in [9.17, 15) is 19.6 Å². The molecule has 210 valence electrons. The van der Waals surface area contributed by atoms with Crippen molar-refractivity contribution in [3.05, 3.63) is 40.7 Å². The summed E-state index contributed by atoms with van der Waals surface area (Å²) in [6, 6.07) is 4.94. The topological polar surface area (TPSA) is 159 Å². The minimum Gasteiger partial charge on any atom is -0.377 e. The predicted molar refractivity (Wildman–Crippen MR) is 143 cm³/mol. The van der Waals surface area contributed by atoms with Gasteiger partial charge in [-0.2, -0.15) is 5.26 Å². The molecule has 5 heterocycles. The van der Waals surface area contributed by atoms with Crippen molar-refractivity contribution in [3.8, 4) is 6.07 Å². The molecule has 0 unspecified atom stereocenters. The van der Waals surface area contributed by atoms with Gasteiger partial charge in [-0.3, -0.25) is 19.8 Å². The van der Waals surface area contributed by atoms with Gasteiger partial charge < -0.3 is 24.4 Å². The van der Waals surface area contributed by atoms with Gasteiger partial charge >= 0.3 is 6.03 Å². The van der Waals surface area contributed by atoms with Crippen LogP contribution in [-0.4, -0.2) is 91.9 Å². The highest BCUT2D eigenvalue weighted by Crippen LogP contribution is 2.30. The van der Waals surface area contributed by atoms with Crippen LogP contribution in [-0.2, 0) is 32.0 Å². The first kappa shape index (κ1) is 27.4. The molecule has 0 aliphatic carbocycles. The molecule has 0 bridgehead atoms. The molecule has 2 aromatic rings. The van der Waals surface area contributed by atoms with Crippen LogP contribution < -0.4 is 15.5 Å². The Kier molecular flexibility index (Phi) is 8.20. The second-order valence-electron chi connectivity index (χ2n) is 9.88. The second kappa shape index (κ2) is 12.0. The molecule has 0 spiro atoms. The number of pyridine rings is 2. The molecule has 13 heteroatoms. The van der Waals surface area contributed by atoms with Gasteiger partial charge in [-0.1, -0.05) is 0 Å². The average molecular weight is 550 g/mol. The molecule has 3 aliphatic rings. The number of hydrogen-bond donors (Lipinski definition) is 2. The normalized spacial score (nSPS) is 22.1. The van der Waals surface area contributed by atoms with E-state index in [1.807, 2.05) is 6.07 Å². The average Bonchev–Trinajstić information content (AvgIpc) is 3.57. The van der Waals surface area contributed by atoms with Crippen molar-refractivity contribution < 1.29 is 28.6 Å². The van der Waals surface area contributed by atoms with E-state index in [1.165, 1.54) is 18.2 Å². The highest BCUT2D eigenvalue weighted by molar-refractivity contribution is 6.02. The van der Waals surface area contributed by atoms with E-state index < -0.39 is 12.1 Å². The quantitative estimate of drug-likeness (QED) is 0.464. The SMILES string of the molecule is CO[C@@H]1CCN(Cc2cc3c(nc2C=O)N(C(=O)Nc2cc(N[C@@H]4COC[C@H]4OC)c(C#N)cn2)CCC3)C1=O. The first-order valence-corrected chi connectivity index (χ1v) is 13.1. The maximum absolute atomic E-state index is 13.4. The molecule has 3 amide bonds. The Balaban J connectivity index is 1.34. The fourth-order valence-electron chi connectivity index (χ4n) is 5.29. The van der Waals surface area contributed by atoms with Gasteiger partial charge in [0.15, 0.2) is 6.29 Å². The van der Waals surface area contributed by atoms with Crippen molar-refractivity contribution in [3.63, 3.8) is 0 Å². The van der Waals surface area contributed by atoms with Gasteiger partial charge in [-0.25, -0.2) is 14.8 Å². The van der Waals surface area contributed by atoms with E-state index in [1.54, 1.807) is 18.1 Å². The van der Waals surface area contributed by atoms with E-state index in [0.717, 1.165) is 5.56 Å². The van der Waals surface area contributed by atoms with Crippen LogP contribution >= 0.6 is 0 Å². The molecule has 2 N–H and O–H groups in total. The number of aryl methyl sites for hydroxylation is 1. The summed E-state index contributed by atoms with van der Waals surface area (Å²) in [6.45, 7) is 2.05. The van der Waals surface area contributed by atoms with Crippen molar-refractivity contribution in [2.75, 3.05) is 56.1 Å². The zero-order valence-electron chi connectivity index (χ0n) is 22.4. The summed E-state index contributed by atoms with van der Waals surface area (Å²) in [6.07, 6.45) is 3.38. The van der Waals surface area contributed by atoms with Crippen LogP contribution in [0.15, 0.2) is 18.3 Å². The van der Waals surface area contributed by atoms with Gasteiger partial charge in [-0.05, 0) is 24.5 Å². The van der Waals surface area contributed by atoms with Crippen LogP contribution in [0.5, 0.6) is 0 Å². The molecule has 2 saturated heterocycles. The first-order chi connectivity index (χ1) is 19.4. The molecular weight excluding hydrogens is 518 g/mol. The zero-order chi connectivity index (χ0) is 28.2. The Morgan fingerprint density at radius 3 is 2.85 bits per heavy atom. The third-order valence-electron chi connectivity index (χ3n) is 7.46. The second-order valence-corrected chi connectivity index (χ2v) is 9.88. The summed E-state index contributed by atoms with van der Waals surface area (Å²) in [4.78, 5) is 49.8. The van der Waals surface area contributed by atoms with Gasteiger partial charge in [0.25, 0.3) is 5.91 Å². The molecule has 0 aromatic carbocycles. The number of nitriles is 1. The lowest BCUT2D eigenvalue weighted by atomic mass is 10.0. The Hall–Kier alpha value is -4.12. The molecule has 13 nitrogen and oxygen atoms in total. The fraction of sp³-hybridized carbons (Fsp3) is 0.481. The van der Waals surface area contributed by atoms with E-state index in [0.29, 0.717) is 74.5 Å². The van der Waals surface area contributed by atoms with Crippen LogP contribution in [0.3, 0.4) is 0 Å². The van der Waals surface area contributed by atoms with Crippen LogP contribution in [0.4, 0.5) is 22.1 Å². The molecule has 3 atom stereocenters. The Morgan fingerprint density at radius 1 is 1.27 bits per heavy atom. The minimum atomic E-state index is -0.469. The molecule has 40 heavy (non-hydrogen) atoms. The van der Waals surface area contributed by atoms with Crippen LogP contribution in [0.1, 0.15) is 40.0 Å². The van der Waals surface area contributed by atoms with Gasteiger partial charge in [0, 0.05) is 58.1 Å². The molecule has 3 aliphatic heterocycles. The molecule has 2 fully saturated rings. The number of likely N-dealkylation sites (tertiary alicyclic amines) is 1. The van der Waals surface area contributed by atoms with Gasteiger partial charge in [-0.15, -0.1) is 0 Å². The number of rotatable bonds is 8. The number of nitrogens with one attached hydrogen (secondary N) is 2. The Bertz CT molecular complexity index is 1350. The smallest absolute Gasteiger partial charge is 0.328 e. The number of aldehydes is 1. The predicted octanol–water partition coefficient (Wildman–Crippen LogP) is 1.72. The lowest BCUT2D eigenvalue weighted by Gasteiger charge is -2.29. The van der Waals surface area contributed by atoms with Crippen LogP contribution in [0.25, 0.3) is 0 Å². The van der Waals surface area contributed by atoms with Crippen molar-refractivity contribution in [2.45, 2.75) is 44.1 Å². The number of nitrogens with zero attached hydrogens (tertiary/aromatic N) is 5. The largest absolute Gasteiger partial charge is 0.377 e. The van der Waals surface area contributed by atoms with Crippen molar-refractivity contribution in [2.24, 2.45) is 0 Å². The number of urea groups is 1. The summed E-state index contributed by atoms with van der Waals surface area (Å²) < 4.78 is 16.1. The molecular formula is C27H31N7O6. The van der Waals surface area contributed by atoms with Gasteiger partial charge in [0.1, 0.15) is 35.6 Å². The summed E-state index contributed by atoms with van der Waals surface area (Å²) in [5.74, 6) is 0.536. The highest BCUT2D eigenvalue weighted by Gasteiger charge is 2.33. The Labute approximate surface area is 231 Å². The van der Waals surface area contributed by atoms with Crippen LogP contribution in [0.2, 0.25) is 0 Å². The number of methoxy groups -OCH3 is 2. The third-order valence-corrected chi connectivity index (χ3v) is 7.46. The number of carbonyl (C=O) groups excluding carboxylic acids is 3. The lowest BCUT2D eigenvalue weighted by Crippen LogP contribution is -2.40. The number of carbonyl (C=O) groups is 3. The highest BCUT2D eigenvalue weighted by atomic mass is 16.5. The Morgan fingerprint density at radius 2 is 2.12 bits per heavy atom. The molecule has 0 radical (unpaired) electrons. The third kappa shape index (κ3) is 5.46. The number of fused-ring (bicyclic) bond motifs is 1. The summed E-state index contributed by atoms with van der Waals surface area (Å²) in [7, 11) is 3.11. The van der Waals surface area contributed by atoms with Crippen molar-refractivity contribution in [1.82, 2.24) is 14.9 Å².